The van der Waals surface area contributed by atoms with Gasteiger partial charge < -0.3 is 19.5 Å². The summed E-state index contributed by atoms with van der Waals surface area (Å²) >= 11 is 0. The molecule has 0 aliphatic heterocycles. The van der Waals surface area contributed by atoms with Gasteiger partial charge in [0.15, 0.2) is 0 Å². The van der Waals surface area contributed by atoms with Crippen LogP contribution in [-0.4, -0.2) is 24.3 Å². The van der Waals surface area contributed by atoms with E-state index in [9.17, 15) is 9.90 Å². The number of carboxylic acids is 1. The quantitative estimate of drug-likeness (QED) is 0.109. The summed E-state index contributed by atoms with van der Waals surface area (Å²) in [7, 11) is 0. The van der Waals surface area contributed by atoms with Gasteiger partial charge in [-0.25, -0.2) is 4.79 Å². The number of hydrogen-bond acceptors (Lipinski definition) is 5. The third kappa shape index (κ3) is 10.5. The fourth-order valence-corrected chi connectivity index (χ4v) is 5.08. The third-order valence-electron chi connectivity index (χ3n) is 8.06. The topological polar surface area (TPSA) is 82.8 Å². The lowest BCUT2D eigenvalue weighted by Crippen LogP contribution is -2.12. The average molecular weight is 597 g/mol. The molecule has 3 aromatic rings. The highest BCUT2D eigenvalue weighted by Gasteiger charge is 2.15. The first-order valence-electron chi connectivity index (χ1n) is 16.1. The monoisotopic (exact) mass is 596 g/mol. The molecule has 0 aromatic heterocycles. The van der Waals surface area contributed by atoms with Crippen LogP contribution >= 0.6 is 0 Å². The van der Waals surface area contributed by atoms with Gasteiger partial charge in [-0.3, -0.25) is 0 Å². The van der Waals surface area contributed by atoms with Gasteiger partial charge in [-0.15, -0.1) is 0 Å². The lowest BCUT2D eigenvalue weighted by atomic mass is 10.0. The maximum absolute atomic E-state index is 11.3. The van der Waals surface area contributed by atoms with Crippen LogP contribution in [0, 0.1) is 23.2 Å². The van der Waals surface area contributed by atoms with E-state index < -0.39 is 5.97 Å². The van der Waals surface area contributed by atoms with Crippen molar-refractivity contribution in [2.45, 2.75) is 79.1 Å². The number of carboxylic acid groups (broad SMARTS) is 1. The second-order valence-corrected chi connectivity index (χ2v) is 11.3. The zero-order valence-corrected chi connectivity index (χ0v) is 26.8. The molecule has 0 aliphatic carbocycles. The molecule has 2 unspecified atom stereocenters. The number of nitriles is 1. The number of anilines is 3. The molecule has 0 bridgehead atoms. The van der Waals surface area contributed by atoms with Crippen LogP contribution in [0.4, 0.5) is 17.1 Å². The molecule has 2 atom stereocenters. The Kier molecular flexibility index (Phi) is 14.3. The van der Waals surface area contributed by atoms with Gasteiger partial charge in [0.1, 0.15) is 23.1 Å². The van der Waals surface area contributed by atoms with E-state index in [1.807, 2.05) is 48.5 Å². The average Bonchev–Trinajstić information content (AvgIpc) is 3.05. The zero-order valence-electron chi connectivity index (χ0n) is 26.8. The zero-order chi connectivity index (χ0) is 31.7. The molecule has 234 valence electrons. The standard InChI is InChI=1S/C38H48N2O4/c1-5-9-11-29(7-3)27-43-36-21-17-34(18-22-36)40(33-15-13-31(14-16-33)25-32(26-39)38(41)42)35-19-23-37(24-20-35)44-28-30(8-4)12-10-6-2/h13-25,29-30H,5-12,27-28H2,1-4H3,(H,41,42). The van der Waals surface area contributed by atoms with E-state index in [1.54, 1.807) is 6.07 Å². The van der Waals surface area contributed by atoms with E-state index in [-0.39, 0.29) is 5.57 Å². The Morgan fingerprint density at radius 3 is 1.50 bits per heavy atom. The molecular weight excluding hydrogens is 548 g/mol. The minimum atomic E-state index is -1.24. The number of nitrogens with zero attached hydrogens (tertiary/aromatic N) is 2. The molecule has 0 fully saturated rings. The fourth-order valence-electron chi connectivity index (χ4n) is 5.08. The summed E-state index contributed by atoms with van der Waals surface area (Å²) < 4.78 is 12.3. The number of carbonyl (C=O) groups is 1. The Hall–Kier alpha value is -4.24. The molecule has 1 N–H and O–H groups in total. The number of hydrogen-bond donors (Lipinski definition) is 1. The Bertz CT molecular complexity index is 1280. The summed E-state index contributed by atoms with van der Waals surface area (Å²) in [5.74, 6) is 1.56. The van der Waals surface area contributed by atoms with Crippen molar-refractivity contribution < 1.29 is 19.4 Å². The minimum absolute atomic E-state index is 0.305. The number of ether oxygens (including phenoxy) is 2. The Balaban J connectivity index is 1.86. The van der Waals surface area contributed by atoms with Gasteiger partial charge >= 0.3 is 5.97 Å². The lowest BCUT2D eigenvalue weighted by molar-refractivity contribution is -0.132. The van der Waals surface area contributed by atoms with Gasteiger partial charge in [-0.2, -0.15) is 5.26 Å². The normalized spacial score (nSPS) is 12.7. The van der Waals surface area contributed by atoms with Crippen LogP contribution in [0.1, 0.15) is 84.6 Å². The van der Waals surface area contributed by atoms with Crippen molar-refractivity contribution in [2.24, 2.45) is 11.8 Å². The van der Waals surface area contributed by atoms with Crippen molar-refractivity contribution in [3.05, 3.63) is 83.9 Å². The van der Waals surface area contributed by atoms with Crippen molar-refractivity contribution in [3.63, 3.8) is 0 Å². The van der Waals surface area contributed by atoms with E-state index in [0.29, 0.717) is 30.6 Å². The first-order valence-corrected chi connectivity index (χ1v) is 16.1. The van der Waals surface area contributed by atoms with Crippen molar-refractivity contribution in [1.82, 2.24) is 0 Å². The van der Waals surface area contributed by atoms with E-state index in [2.05, 4.69) is 56.9 Å². The SMILES string of the molecule is CCCCC(CC)COc1ccc(N(c2ccc(C=C(C#N)C(=O)O)cc2)c2ccc(OCC(CC)CCCC)cc2)cc1. The molecule has 0 saturated carbocycles. The molecule has 6 heteroatoms. The van der Waals surface area contributed by atoms with Gasteiger partial charge in [0.25, 0.3) is 0 Å². The first-order chi connectivity index (χ1) is 21.4. The highest BCUT2D eigenvalue weighted by atomic mass is 16.5. The molecule has 44 heavy (non-hydrogen) atoms. The Labute approximate surface area is 263 Å². The minimum Gasteiger partial charge on any atom is -0.493 e. The number of aliphatic carboxylic acids is 1. The van der Waals surface area contributed by atoms with E-state index in [1.165, 1.54) is 44.6 Å². The largest absolute Gasteiger partial charge is 0.493 e. The third-order valence-corrected chi connectivity index (χ3v) is 8.06. The van der Waals surface area contributed by atoms with Gasteiger partial charge in [-0.1, -0.05) is 78.4 Å². The molecule has 0 heterocycles. The van der Waals surface area contributed by atoms with Gasteiger partial charge in [0.05, 0.1) is 13.2 Å². The van der Waals surface area contributed by atoms with Gasteiger partial charge in [0.2, 0.25) is 0 Å². The first kappa shape index (κ1) is 34.3. The number of rotatable bonds is 19. The summed E-state index contributed by atoms with van der Waals surface area (Å²) in [6, 6.07) is 25.5. The molecule has 0 aliphatic rings. The highest BCUT2D eigenvalue weighted by Crippen LogP contribution is 2.36. The van der Waals surface area contributed by atoms with Crippen LogP contribution in [0.2, 0.25) is 0 Å². The molecule has 0 spiro atoms. The van der Waals surface area contributed by atoms with Crippen LogP contribution in [0.3, 0.4) is 0 Å². The maximum Gasteiger partial charge on any atom is 0.346 e. The van der Waals surface area contributed by atoms with E-state index in [4.69, 9.17) is 14.7 Å². The Morgan fingerprint density at radius 2 is 1.16 bits per heavy atom. The number of benzene rings is 3. The van der Waals surface area contributed by atoms with Crippen LogP contribution in [0.15, 0.2) is 78.4 Å². The summed E-state index contributed by atoms with van der Waals surface area (Å²) in [6.45, 7) is 10.3. The molecule has 0 radical (unpaired) electrons. The number of unbranched alkanes of at least 4 members (excludes halogenated alkanes) is 2. The van der Waals surface area contributed by atoms with E-state index >= 15 is 0 Å². The van der Waals surface area contributed by atoms with Gasteiger partial charge in [0, 0.05) is 17.1 Å². The summed E-state index contributed by atoms with van der Waals surface area (Å²) in [5, 5.41) is 18.4. The predicted octanol–water partition coefficient (Wildman–Crippen LogP) is 10.3. The van der Waals surface area contributed by atoms with E-state index in [0.717, 1.165) is 41.4 Å². The lowest BCUT2D eigenvalue weighted by Gasteiger charge is -2.26. The molecule has 0 saturated heterocycles. The molecule has 6 nitrogen and oxygen atoms in total. The summed E-state index contributed by atoms with van der Waals surface area (Å²) in [4.78, 5) is 13.4. The maximum atomic E-state index is 11.3. The van der Waals surface area contributed by atoms with Crippen LogP contribution in [0.25, 0.3) is 6.08 Å². The van der Waals surface area contributed by atoms with Crippen molar-refractivity contribution in [3.8, 4) is 17.6 Å². The van der Waals surface area contributed by atoms with Gasteiger partial charge in [-0.05, 0) is 97.0 Å². The van der Waals surface area contributed by atoms with Crippen molar-refractivity contribution in [1.29, 1.82) is 5.26 Å². The molecule has 3 aromatic carbocycles. The van der Waals surface area contributed by atoms with Crippen molar-refractivity contribution in [2.75, 3.05) is 18.1 Å². The van der Waals surface area contributed by atoms with Crippen LogP contribution in [0.5, 0.6) is 11.5 Å². The van der Waals surface area contributed by atoms with Crippen molar-refractivity contribution >= 4 is 29.1 Å². The fraction of sp³-hybridized carbons (Fsp3) is 0.421. The molecule has 3 rings (SSSR count). The molecular formula is C38H48N2O4. The summed E-state index contributed by atoms with van der Waals surface area (Å²) in [6.07, 6.45) is 10.8. The summed E-state index contributed by atoms with van der Waals surface area (Å²) in [5.41, 5.74) is 3.15. The molecule has 0 amide bonds. The second-order valence-electron chi connectivity index (χ2n) is 11.3. The second kappa shape index (κ2) is 18.4. The predicted molar refractivity (Wildman–Crippen MR) is 180 cm³/mol. The Morgan fingerprint density at radius 1 is 0.750 bits per heavy atom. The van der Waals surface area contributed by atoms with Crippen LogP contribution in [-0.2, 0) is 4.79 Å². The smallest absolute Gasteiger partial charge is 0.346 e. The van der Waals surface area contributed by atoms with Crippen LogP contribution < -0.4 is 14.4 Å². The highest BCUT2D eigenvalue weighted by molar-refractivity contribution is 5.96.